The molecule has 0 radical (unpaired) electrons. The lowest BCUT2D eigenvalue weighted by Gasteiger charge is -2.25. The molecule has 2 N–H and O–H groups in total. The van der Waals surface area contributed by atoms with E-state index >= 15 is 0 Å². The zero-order valence-electron chi connectivity index (χ0n) is 14.6. The Morgan fingerprint density at radius 2 is 1.68 bits per heavy atom. The van der Waals surface area contributed by atoms with E-state index in [2.05, 4.69) is 22.8 Å². The van der Waals surface area contributed by atoms with Crippen LogP contribution < -0.4 is 24.8 Å². The number of ether oxygens (including phenoxy) is 3. The van der Waals surface area contributed by atoms with E-state index in [9.17, 15) is 4.79 Å². The fourth-order valence-corrected chi connectivity index (χ4v) is 3.02. The van der Waals surface area contributed by atoms with Crippen LogP contribution in [0, 0.1) is 0 Å². The van der Waals surface area contributed by atoms with E-state index in [1.54, 1.807) is 33.5 Å². The molecule has 1 heterocycles. The summed E-state index contributed by atoms with van der Waals surface area (Å²) in [7, 11) is 4.63. The number of fused-ring (bicyclic) bond motifs is 1. The Bertz CT molecular complexity index is 751. The van der Waals surface area contributed by atoms with Gasteiger partial charge in [0.1, 0.15) is 0 Å². The summed E-state index contributed by atoms with van der Waals surface area (Å²) in [5.41, 5.74) is 3.03. The first-order valence-electron chi connectivity index (χ1n) is 8.07. The predicted molar refractivity (Wildman–Crippen MR) is 95.5 cm³/mol. The monoisotopic (exact) mass is 342 g/mol. The quantitative estimate of drug-likeness (QED) is 0.873. The molecule has 1 unspecified atom stereocenters. The lowest BCUT2D eigenvalue weighted by Crippen LogP contribution is -2.44. The van der Waals surface area contributed by atoms with Crippen molar-refractivity contribution in [1.29, 1.82) is 0 Å². The Morgan fingerprint density at radius 3 is 2.28 bits per heavy atom. The largest absolute Gasteiger partial charge is 0.493 e. The SMILES string of the molecule is COc1cc(NC(=O)C2Cc3ccccc3CN2)cc(OC)c1OC. The molecule has 6 nitrogen and oxygen atoms in total. The van der Waals surface area contributed by atoms with E-state index in [-0.39, 0.29) is 11.9 Å². The van der Waals surface area contributed by atoms with Crippen LogP contribution >= 0.6 is 0 Å². The second-order valence-electron chi connectivity index (χ2n) is 5.81. The summed E-state index contributed by atoms with van der Waals surface area (Å²) in [5, 5.41) is 6.20. The van der Waals surface area contributed by atoms with Gasteiger partial charge in [-0.3, -0.25) is 4.79 Å². The first-order chi connectivity index (χ1) is 12.2. The van der Waals surface area contributed by atoms with E-state index in [0.29, 0.717) is 35.9 Å². The van der Waals surface area contributed by atoms with Crippen LogP contribution in [0.4, 0.5) is 5.69 Å². The summed E-state index contributed by atoms with van der Waals surface area (Å²) in [6.07, 6.45) is 0.659. The van der Waals surface area contributed by atoms with Gasteiger partial charge in [0.05, 0.1) is 27.4 Å². The molecule has 0 saturated heterocycles. The van der Waals surface area contributed by atoms with Gasteiger partial charge in [0.2, 0.25) is 11.7 Å². The molecule has 0 saturated carbocycles. The van der Waals surface area contributed by atoms with Gasteiger partial charge < -0.3 is 24.8 Å². The normalized spacial score (nSPS) is 15.9. The summed E-state index contributed by atoms with van der Waals surface area (Å²) in [6, 6.07) is 11.3. The average molecular weight is 342 g/mol. The van der Waals surface area contributed by atoms with Crippen LogP contribution in [0.25, 0.3) is 0 Å². The van der Waals surface area contributed by atoms with E-state index < -0.39 is 0 Å². The number of benzene rings is 2. The standard InChI is InChI=1S/C19H22N2O4/c1-23-16-9-14(10-17(24-2)18(16)25-3)21-19(22)15-8-12-6-4-5-7-13(12)11-20-15/h4-7,9-10,15,20H,8,11H2,1-3H3,(H,21,22). The van der Waals surface area contributed by atoms with Crippen molar-refractivity contribution < 1.29 is 19.0 Å². The van der Waals surface area contributed by atoms with Crippen LogP contribution in [0.2, 0.25) is 0 Å². The van der Waals surface area contributed by atoms with Crippen molar-refractivity contribution >= 4 is 11.6 Å². The highest BCUT2D eigenvalue weighted by atomic mass is 16.5. The van der Waals surface area contributed by atoms with Gasteiger partial charge in [-0.2, -0.15) is 0 Å². The summed E-state index contributed by atoms with van der Waals surface area (Å²) in [5.74, 6) is 1.40. The lowest BCUT2D eigenvalue weighted by atomic mass is 9.95. The van der Waals surface area contributed by atoms with Gasteiger partial charge in [-0.05, 0) is 17.5 Å². The molecule has 6 heteroatoms. The van der Waals surface area contributed by atoms with Crippen LogP contribution in [0.5, 0.6) is 17.2 Å². The van der Waals surface area contributed by atoms with Crippen LogP contribution in [-0.4, -0.2) is 33.3 Å². The third-order valence-electron chi connectivity index (χ3n) is 4.33. The zero-order chi connectivity index (χ0) is 17.8. The van der Waals surface area contributed by atoms with Crippen LogP contribution in [-0.2, 0) is 17.8 Å². The van der Waals surface area contributed by atoms with E-state index in [0.717, 1.165) is 0 Å². The number of hydrogen-bond donors (Lipinski definition) is 2. The average Bonchev–Trinajstić information content (AvgIpc) is 2.66. The number of anilines is 1. The van der Waals surface area contributed by atoms with Gasteiger partial charge in [0.15, 0.2) is 11.5 Å². The molecule has 1 amide bonds. The van der Waals surface area contributed by atoms with Gasteiger partial charge in [-0.1, -0.05) is 24.3 Å². The molecule has 0 spiro atoms. The second-order valence-corrected chi connectivity index (χ2v) is 5.81. The first kappa shape index (κ1) is 17.1. The van der Waals surface area contributed by atoms with E-state index in [1.165, 1.54) is 11.1 Å². The Balaban J connectivity index is 1.77. The summed E-state index contributed by atoms with van der Waals surface area (Å²) >= 11 is 0. The van der Waals surface area contributed by atoms with Crippen molar-refractivity contribution in [1.82, 2.24) is 5.32 Å². The number of carbonyl (C=O) groups is 1. The van der Waals surface area contributed by atoms with Gasteiger partial charge in [-0.25, -0.2) is 0 Å². The number of methoxy groups -OCH3 is 3. The molecule has 2 aromatic rings. The molecule has 1 aliphatic heterocycles. The molecular formula is C19H22N2O4. The van der Waals surface area contributed by atoms with Gasteiger partial charge in [-0.15, -0.1) is 0 Å². The van der Waals surface area contributed by atoms with Gasteiger partial charge >= 0.3 is 0 Å². The molecular weight excluding hydrogens is 320 g/mol. The zero-order valence-corrected chi connectivity index (χ0v) is 14.6. The van der Waals surface area contributed by atoms with Crippen LogP contribution in [0.3, 0.4) is 0 Å². The molecule has 1 aliphatic rings. The molecule has 25 heavy (non-hydrogen) atoms. The molecule has 2 aromatic carbocycles. The lowest BCUT2D eigenvalue weighted by molar-refractivity contribution is -0.118. The maximum Gasteiger partial charge on any atom is 0.241 e. The summed E-state index contributed by atoms with van der Waals surface area (Å²) in [6.45, 7) is 0.684. The molecule has 0 aromatic heterocycles. The number of hydrogen-bond acceptors (Lipinski definition) is 5. The topological polar surface area (TPSA) is 68.8 Å². The fraction of sp³-hybridized carbons (Fsp3) is 0.316. The Hall–Kier alpha value is -2.73. The third kappa shape index (κ3) is 3.53. The Morgan fingerprint density at radius 1 is 1.04 bits per heavy atom. The van der Waals surface area contributed by atoms with Crippen molar-refractivity contribution in [3.63, 3.8) is 0 Å². The molecule has 1 atom stereocenters. The predicted octanol–water partition coefficient (Wildman–Crippen LogP) is 2.37. The molecule has 0 aliphatic carbocycles. The highest BCUT2D eigenvalue weighted by Crippen LogP contribution is 2.40. The number of carbonyl (C=O) groups excluding carboxylic acids is 1. The minimum atomic E-state index is -0.283. The Labute approximate surface area is 147 Å². The fourth-order valence-electron chi connectivity index (χ4n) is 3.02. The van der Waals surface area contributed by atoms with Crippen LogP contribution in [0.1, 0.15) is 11.1 Å². The summed E-state index contributed by atoms with van der Waals surface area (Å²) < 4.78 is 15.9. The molecule has 0 fully saturated rings. The number of nitrogens with one attached hydrogen (secondary N) is 2. The minimum Gasteiger partial charge on any atom is -0.493 e. The van der Waals surface area contributed by atoms with Crippen molar-refractivity contribution in [2.75, 3.05) is 26.6 Å². The molecule has 0 bridgehead atoms. The maximum atomic E-state index is 12.6. The smallest absolute Gasteiger partial charge is 0.241 e. The van der Waals surface area contributed by atoms with Crippen molar-refractivity contribution in [3.05, 3.63) is 47.5 Å². The maximum absolute atomic E-state index is 12.6. The van der Waals surface area contributed by atoms with Crippen molar-refractivity contribution in [2.24, 2.45) is 0 Å². The van der Waals surface area contributed by atoms with Crippen LogP contribution in [0.15, 0.2) is 36.4 Å². The second kappa shape index (κ2) is 7.44. The summed E-state index contributed by atoms with van der Waals surface area (Å²) in [4.78, 5) is 12.6. The van der Waals surface area contributed by atoms with E-state index in [4.69, 9.17) is 14.2 Å². The van der Waals surface area contributed by atoms with E-state index in [1.807, 2.05) is 12.1 Å². The highest BCUT2D eigenvalue weighted by molar-refractivity contribution is 5.95. The highest BCUT2D eigenvalue weighted by Gasteiger charge is 2.24. The van der Waals surface area contributed by atoms with Gasteiger partial charge in [0, 0.05) is 24.4 Å². The number of rotatable bonds is 5. The minimum absolute atomic E-state index is 0.0937. The number of amides is 1. The molecule has 132 valence electrons. The Kier molecular flexibility index (Phi) is 5.09. The van der Waals surface area contributed by atoms with Crippen molar-refractivity contribution in [3.8, 4) is 17.2 Å². The third-order valence-corrected chi connectivity index (χ3v) is 4.33. The van der Waals surface area contributed by atoms with Gasteiger partial charge in [0.25, 0.3) is 0 Å². The molecule has 3 rings (SSSR count). The van der Waals surface area contributed by atoms with Crippen molar-refractivity contribution in [2.45, 2.75) is 19.0 Å². The first-order valence-corrected chi connectivity index (χ1v) is 8.07.